The molecule has 0 radical (unpaired) electrons. The summed E-state index contributed by atoms with van der Waals surface area (Å²) in [4.78, 5) is 12.6. The largest absolute Gasteiger partial charge is 0.416 e. The quantitative estimate of drug-likeness (QED) is 0.821. The summed E-state index contributed by atoms with van der Waals surface area (Å²) in [5.74, 6) is -1.11. The molecule has 1 N–H and O–H groups in total. The van der Waals surface area contributed by atoms with Crippen molar-refractivity contribution in [2.75, 3.05) is 18.1 Å². The molecule has 2 aliphatic heterocycles. The number of carbonyl (C=O) groups excluding carboxylic acids is 1. The first-order chi connectivity index (χ1) is 13.1. The van der Waals surface area contributed by atoms with Crippen LogP contribution in [0.1, 0.15) is 42.7 Å². The molecular weight excluding hydrogens is 395 g/mol. The number of carbonyl (C=O) groups is 1. The van der Waals surface area contributed by atoms with E-state index < -0.39 is 39.0 Å². The molecule has 5 nitrogen and oxygen atoms in total. The summed E-state index contributed by atoms with van der Waals surface area (Å²) in [6.45, 7) is 0.367. The van der Waals surface area contributed by atoms with Crippen LogP contribution in [0.3, 0.4) is 0 Å². The monoisotopic (exact) mass is 417 g/mol. The van der Waals surface area contributed by atoms with Crippen LogP contribution in [-0.2, 0) is 25.5 Å². The van der Waals surface area contributed by atoms with Gasteiger partial charge in [-0.3, -0.25) is 4.79 Å². The zero-order valence-electron chi connectivity index (χ0n) is 15.2. The van der Waals surface area contributed by atoms with Crippen LogP contribution in [0.15, 0.2) is 24.3 Å². The predicted octanol–water partition coefficient (Wildman–Crippen LogP) is 2.66. The lowest BCUT2D eigenvalue weighted by molar-refractivity contribution is -0.138. The molecule has 9 heteroatoms. The number of halogens is 3. The van der Waals surface area contributed by atoms with Gasteiger partial charge in [-0.15, -0.1) is 0 Å². The standard InChI is InChI=1S/C19H22F3NO4S/c20-19(21,22)16-4-2-1-3-13(16)14-9-15(14)17(24)23-12-5-7-27-18(10-12)6-8-28(25,26)11-18/h1-4,12,14-15H,5-11H2,(H,23,24)/t12-,14+,15+,18-/m1/s1. The predicted molar refractivity (Wildman–Crippen MR) is 95.4 cm³/mol. The van der Waals surface area contributed by atoms with E-state index in [1.165, 1.54) is 12.1 Å². The minimum absolute atomic E-state index is 0.0304. The minimum atomic E-state index is -4.44. The van der Waals surface area contributed by atoms with Crippen molar-refractivity contribution in [2.24, 2.45) is 5.92 Å². The molecule has 1 aromatic rings. The fourth-order valence-corrected chi connectivity index (χ4v) is 6.50. The molecule has 3 aliphatic rings. The highest BCUT2D eigenvalue weighted by atomic mass is 32.2. The van der Waals surface area contributed by atoms with E-state index in [1.54, 1.807) is 6.07 Å². The average Bonchev–Trinajstić information content (AvgIpc) is 3.35. The van der Waals surface area contributed by atoms with Crippen molar-refractivity contribution in [1.29, 1.82) is 0 Å². The van der Waals surface area contributed by atoms with Crippen molar-refractivity contribution in [3.05, 3.63) is 35.4 Å². The summed E-state index contributed by atoms with van der Waals surface area (Å²) in [7, 11) is -3.12. The zero-order chi connectivity index (χ0) is 20.2. The number of hydrogen-bond donors (Lipinski definition) is 1. The number of ether oxygens (including phenoxy) is 1. The maximum Gasteiger partial charge on any atom is 0.416 e. The molecule has 1 aliphatic carbocycles. The van der Waals surface area contributed by atoms with Gasteiger partial charge in [0.25, 0.3) is 0 Å². The van der Waals surface area contributed by atoms with Crippen molar-refractivity contribution in [3.8, 4) is 0 Å². The molecule has 1 saturated carbocycles. The Hall–Kier alpha value is -1.61. The SMILES string of the molecule is O=C(N[C@@H]1CCO[C@]2(CCS(=O)(=O)C2)C1)[C@H]1C[C@H]1c1ccccc1C(F)(F)F. The third-order valence-corrected chi connectivity index (χ3v) is 7.78. The van der Waals surface area contributed by atoms with Crippen LogP contribution in [-0.4, -0.2) is 44.1 Å². The van der Waals surface area contributed by atoms with Crippen molar-refractivity contribution in [1.82, 2.24) is 5.32 Å². The number of sulfone groups is 1. The van der Waals surface area contributed by atoms with Crippen LogP contribution in [0, 0.1) is 5.92 Å². The normalized spacial score (nSPS) is 34.3. The van der Waals surface area contributed by atoms with Crippen molar-refractivity contribution < 1.29 is 31.1 Å². The maximum atomic E-state index is 13.2. The van der Waals surface area contributed by atoms with Gasteiger partial charge in [-0.05, 0) is 43.2 Å². The van der Waals surface area contributed by atoms with Crippen molar-refractivity contribution >= 4 is 15.7 Å². The molecule has 28 heavy (non-hydrogen) atoms. The Labute approximate surface area is 161 Å². The van der Waals surface area contributed by atoms with Crippen LogP contribution >= 0.6 is 0 Å². The number of rotatable bonds is 3. The van der Waals surface area contributed by atoms with Gasteiger partial charge in [0.05, 0.1) is 22.7 Å². The molecule has 2 heterocycles. The molecule has 2 saturated heterocycles. The number of amides is 1. The molecule has 1 amide bonds. The minimum Gasteiger partial charge on any atom is -0.374 e. The number of alkyl halides is 3. The first kappa shape index (κ1) is 19.7. The molecular formula is C19H22F3NO4S. The first-order valence-corrected chi connectivity index (χ1v) is 11.2. The molecule has 1 aromatic carbocycles. The van der Waals surface area contributed by atoms with Crippen LogP contribution < -0.4 is 5.32 Å². The van der Waals surface area contributed by atoms with Gasteiger partial charge < -0.3 is 10.1 Å². The van der Waals surface area contributed by atoms with E-state index in [4.69, 9.17) is 4.74 Å². The van der Waals surface area contributed by atoms with Gasteiger partial charge >= 0.3 is 6.18 Å². The maximum absolute atomic E-state index is 13.2. The van der Waals surface area contributed by atoms with Crippen LogP contribution in [0.2, 0.25) is 0 Å². The second-order valence-corrected chi connectivity index (χ2v) is 10.3. The third kappa shape index (κ3) is 3.91. The zero-order valence-corrected chi connectivity index (χ0v) is 16.0. The van der Waals surface area contributed by atoms with E-state index in [0.29, 0.717) is 32.3 Å². The summed E-state index contributed by atoms with van der Waals surface area (Å²) in [6, 6.07) is 5.18. The molecule has 4 rings (SSSR count). The number of hydrogen-bond acceptors (Lipinski definition) is 4. The smallest absolute Gasteiger partial charge is 0.374 e. The summed E-state index contributed by atoms with van der Waals surface area (Å²) in [6.07, 6.45) is -2.63. The molecule has 0 unspecified atom stereocenters. The summed E-state index contributed by atoms with van der Waals surface area (Å²) in [5, 5.41) is 2.92. The average molecular weight is 417 g/mol. The van der Waals surface area contributed by atoms with Crippen LogP contribution in [0.5, 0.6) is 0 Å². The fourth-order valence-electron chi connectivity index (χ4n) is 4.53. The highest BCUT2D eigenvalue weighted by Crippen LogP contribution is 2.51. The van der Waals surface area contributed by atoms with E-state index in [2.05, 4.69) is 5.32 Å². The molecule has 154 valence electrons. The van der Waals surface area contributed by atoms with Gasteiger partial charge in [0.2, 0.25) is 5.91 Å². The van der Waals surface area contributed by atoms with Gasteiger partial charge in [0, 0.05) is 18.6 Å². The second kappa shape index (κ2) is 6.73. The number of benzene rings is 1. The summed E-state index contributed by atoms with van der Waals surface area (Å²) in [5.41, 5.74) is -1.25. The third-order valence-electron chi connectivity index (χ3n) is 5.98. The van der Waals surface area contributed by atoms with Crippen molar-refractivity contribution in [3.63, 3.8) is 0 Å². The van der Waals surface area contributed by atoms with Crippen LogP contribution in [0.25, 0.3) is 0 Å². The topological polar surface area (TPSA) is 72.5 Å². The lowest BCUT2D eigenvalue weighted by atomic mass is 9.89. The molecule has 4 atom stereocenters. The Morgan fingerprint density at radius 2 is 2.00 bits per heavy atom. The van der Waals surface area contributed by atoms with E-state index in [0.717, 1.165) is 6.07 Å². The Balaban J connectivity index is 1.40. The van der Waals surface area contributed by atoms with Gasteiger partial charge in [0.1, 0.15) is 0 Å². The fraction of sp³-hybridized carbons (Fsp3) is 0.632. The number of nitrogens with one attached hydrogen (secondary N) is 1. The summed E-state index contributed by atoms with van der Waals surface area (Å²) >= 11 is 0. The Morgan fingerprint density at radius 1 is 1.25 bits per heavy atom. The molecule has 0 aromatic heterocycles. The van der Waals surface area contributed by atoms with Gasteiger partial charge in [-0.2, -0.15) is 13.2 Å². The molecule has 0 bridgehead atoms. The highest BCUT2D eigenvalue weighted by Gasteiger charge is 2.50. The second-order valence-electron chi connectivity index (χ2n) is 8.11. The Kier molecular flexibility index (Phi) is 4.73. The van der Waals surface area contributed by atoms with Gasteiger partial charge in [-0.25, -0.2) is 8.42 Å². The first-order valence-electron chi connectivity index (χ1n) is 9.39. The summed E-state index contributed by atoms with van der Waals surface area (Å²) < 4.78 is 69.0. The molecule has 3 fully saturated rings. The van der Waals surface area contributed by atoms with Gasteiger partial charge in [-0.1, -0.05) is 18.2 Å². The molecule has 1 spiro atoms. The lowest BCUT2D eigenvalue weighted by Crippen LogP contribution is -2.49. The highest BCUT2D eigenvalue weighted by molar-refractivity contribution is 7.91. The lowest BCUT2D eigenvalue weighted by Gasteiger charge is -2.37. The van der Waals surface area contributed by atoms with E-state index >= 15 is 0 Å². The van der Waals surface area contributed by atoms with E-state index in [-0.39, 0.29) is 29.0 Å². The van der Waals surface area contributed by atoms with Crippen LogP contribution in [0.4, 0.5) is 13.2 Å². The van der Waals surface area contributed by atoms with E-state index in [1.807, 2.05) is 0 Å². The Morgan fingerprint density at radius 3 is 2.68 bits per heavy atom. The Bertz CT molecular complexity index is 885. The van der Waals surface area contributed by atoms with Crippen molar-refractivity contribution in [2.45, 2.75) is 49.4 Å². The van der Waals surface area contributed by atoms with Gasteiger partial charge in [0.15, 0.2) is 9.84 Å². The van der Waals surface area contributed by atoms with E-state index in [9.17, 15) is 26.4 Å².